The van der Waals surface area contributed by atoms with Crippen molar-refractivity contribution >= 4 is 17.9 Å². The first-order valence-electron chi connectivity index (χ1n) is 17.2. The lowest BCUT2D eigenvalue weighted by Gasteiger charge is -2.28. The summed E-state index contributed by atoms with van der Waals surface area (Å²) in [5.41, 5.74) is 6.61. The molecule has 3 N–H and O–H groups in total. The Labute approximate surface area is 296 Å². The number of amides is 3. The van der Waals surface area contributed by atoms with E-state index in [1.807, 2.05) is 41.4 Å². The normalized spacial score (nSPS) is 17.8. The number of aromatic amines is 2. The van der Waals surface area contributed by atoms with Crippen molar-refractivity contribution in [1.82, 2.24) is 35.1 Å². The summed E-state index contributed by atoms with van der Waals surface area (Å²) in [6.07, 6.45) is 6.38. The fourth-order valence-corrected chi connectivity index (χ4v) is 7.14. The molecule has 4 heterocycles. The number of likely N-dealkylation sites (tertiary alicyclic amines) is 2. The molecule has 3 amide bonds. The van der Waals surface area contributed by atoms with Crippen LogP contribution in [0.4, 0.5) is 4.79 Å². The largest absolute Gasteiger partial charge is 0.453 e. The van der Waals surface area contributed by atoms with E-state index in [0.717, 1.165) is 65.1 Å². The van der Waals surface area contributed by atoms with Crippen molar-refractivity contribution in [3.05, 3.63) is 108 Å². The van der Waals surface area contributed by atoms with Crippen LogP contribution in [0.3, 0.4) is 0 Å². The van der Waals surface area contributed by atoms with Crippen LogP contribution < -0.4 is 5.32 Å². The monoisotopic (exact) mass is 687 g/mol. The predicted octanol–water partition coefficient (Wildman–Crippen LogP) is 6.20. The van der Waals surface area contributed by atoms with Gasteiger partial charge in [0.25, 0.3) is 5.91 Å². The van der Waals surface area contributed by atoms with Gasteiger partial charge in [0.2, 0.25) is 5.91 Å². The summed E-state index contributed by atoms with van der Waals surface area (Å²) in [5.74, 6) is 1.29. The molecule has 5 aromatic rings. The van der Waals surface area contributed by atoms with Gasteiger partial charge >= 0.3 is 6.09 Å². The van der Waals surface area contributed by atoms with Crippen LogP contribution in [0.15, 0.2) is 91.3 Å². The molecular weight excluding hydrogens is 646 g/mol. The van der Waals surface area contributed by atoms with E-state index in [0.29, 0.717) is 24.5 Å². The lowest BCUT2D eigenvalue weighted by molar-refractivity contribution is -0.136. The van der Waals surface area contributed by atoms with Gasteiger partial charge in [0, 0.05) is 20.2 Å². The molecule has 0 bridgehead atoms. The van der Waals surface area contributed by atoms with Gasteiger partial charge in [-0.25, -0.2) is 14.8 Å². The van der Waals surface area contributed by atoms with E-state index < -0.39 is 12.1 Å². The summed E-state index contributed by atoms with van der Waals surface area (Å²) in [6, 6.07) is 24.6. The molecule has 7 rings (SSSR count). The number of imidazole rings is 2. The average Bonchev–Trinajstić information content (AvgIpc) is 4.01. The first-order chi connectivity index (χ1) is 24.9. The number of carbonyl (C=O) groups is 3. The first kappa shape index (κ1) is 33.7. The highest BCUT2D eigenvalue weighted by Crippen LogP contribution is 2.35. The number of nitrogens with one attached hydrogen (secondary N) is 3. The van der Waals surface area contributed by atoms with Crippen molar-refractivity contribution in [3.8, 4) is 33.6 Å². The Morgan fingerprint density at radius 2 is 1.25 bits per heavy atom. The van der Waals surface area contributed by atoms with E-state index in [-0.39, 0.29) is 30.5 Å². The van der Waals surface area contributed by atoms with Crippen LogP contribution in [0.5, 0.6) is 0 Å². The minimum Gasteiger partial charge on any atom is -0.453 e. The molecule has 51 heavy (non-hydrogen) atoms. The Kier molecular flexibility index (Phi) is 9.93. The lowest BCUT2D eigenvalue weighted by atomic mass is 10.0. The van der Waals surface area contributed by atoms with Crippen molar-refractivity contribution in [2.24, 2.45) is 0 Å². The molecule has 0 radical (unpaired) electrons. The van der Waals surface area contributed by atoms with Crippen molar-refractivity contribution < 1.29 is 23.9 Å². The second kappa shape index (κ2) is 15.0. The number of aromatic nitrogens is 4. The van der Waals surface area contributed by atoms with Crippen molar-refractivity contribution in [2.45, 2.75) is 43.8 Å². The zero-order valence-corrected chi connectivity index (χ0v) is 28.7. The van der Waals surface area contributed by atoms with Crippen LogP contribution in [-0.2, 0) is 19.1 Å². The van der Waals surface area contributed by atoms with Crippen molar-refractivity contribution in [2.75, 3.05) is 33.9 Å². The topological polar surface area (TPSA) is 146 Å². The number of benzene rings is 3. The third-order valence-corrected chi connectivity index (χ3v) is 9.75. The Bertz CT molecular complexity index is 1970. The number of methoxy groups -OCH3 is 2. The van der Waals surface area contributed by atoms with Gasteiger partial charge < -0.3 is 34.6 Å². The van der Waals surface area contributed by atoms with Gasteiger partial charge in [-0.1, -0.05) is 78.9 Å². The van der Waals surface area contributed by atoms with Crippen LogP contribution >= 0.6 is 0 Å². The molecule has 12 heteroatoms. The third-order valence-electron chi connectivity index (χ3n) is 9.75. The van der Waals surface area contributed by atoms with E-state index in [9.17, 15) is 14.4 Å². The van der Waals surface area contributed by atoms with Gasteiger partial charge in [-0.15, -0.1) is 0 Å². The summed E-state index contributed by atoms with van der Waals surface area (Å²) < 4.78 is 9.88. The zero-order valence-electron chi connectivity index (χ0n) is 28.7. The van der Waals surface area contributed by atoms with Gasteiger partial charge in [-0.2, -0.15) is 0 Å². The standard InChI is InChI=1S/C39H41N7O5/c1-50-24-34(47)45-20-6-10-32(45)36-40-22-30(42-36)27-16-12-25(13-17-27)26-14-18-28(19-15-26)31-23-41-37(43-31)33-11-7-21-46(33)38(48)35(44-39(49)51-2)29-8-4-3-5-9-29/h3-5,8-9,12-19,22-23,32-33,35H,6-7,10-11,20-21,24H2,1-2H3,(H,40,42)(H,41,43)(H,44,49)/t32-,33-,35+/m0/s1. The minimum absolute atomic E-state index is 0.0164. The molecule has 0 saturated carbocycles. The van der Waals surface area contributed by atoms with Crippen LogP contribution in [0.2, 0.25) is 0 Å². The van der Waals surface area contributed by atoms with Crippen molar-refractivity contribution in [3.63, 3.8) is 0 Å². The van der Waals surface area contributed by atoms with Gasteiger partial charge in [0.15, 0.2) is 0 Å². The highest BCUT2D eigenvalue weighted by Gasteiger charge is 2.37. The third kappa shape index (κ3) is 7.13. The Morgan fingerprint density at radius 3 is 1.78 bits per heavy atom. The van der Waals surface area contributed by atoms with E-state index in [2.05, 4.69) is 73.8 Å². The maximum Gasteiger partial charge on any atom is 0.407 e. The number of ether oxygens (including phenoxy) is 2. The second-order valence-corrected chi connectivity index (χ2v) is 12.9. The predicted molar refractivity (Wildman–Crippen MR) is 191 cm³/mol. The molecular formula is C39H41N7O5. The fraction of sp³-hybridized carbons (Fsp3) is 0.308. The molecule has 12 nitrogen and oxygen atoms in total. The smallest absolute Gasteiger partial charge is 0.407 e. The molecule has 0 unspecified atom stereocenters. The zero-order chi connectivity index (χ0) is 35.3. The van der Waals surface area contributed by atoms with E-state index in [4.69, 9.17) is 9.47 Å². The molecule has 3 atom stereocenters. The summed E-state index contributed by atoms with van der Waals surface area (Å²) in [7, 11) is 2.82. The highest BCUT2D eigenvalue weighted by atomic mass is 16.5. The summed E-state index contributed by atoms with van der Waals surface area (Å²) in [4.78, 5) is 58.3. The van der Waals surface area contributed by atoms with Crippen LogP contribution in [0.1, 0.15) is 61.0 Å². The molecule has 2 aliphatic rings. The number of carbonyl (C=O) groups excluding carboxylic acids is 3. The molecule has 3 aromatic carbocycles. The highest BCUT2D eigenvalue weighted by molar-refractivity contribution is 5.87. The molecule has 0 spiro atoms. The maximum atomic E-state index is 13.8. The summed E-state index contributed by atoms with van der Waals surface area (Å²) in [5, 5.41) is 2.71. The van der Waals surface area contributed by atoms with Gasteiger partial charge in [-0.3, -0.25) is 9.59 Å². The number of alkyl carbamates (subject to hydrolysis) is 1. The Hall–Kier alpha value is -5.75. The quantitative estimate of drug-likeness (QED) is 0.158. The van der Waals surface area contributed by atoms with Gasteiger partial charge in [-0.05, 0) is 53.5 Å². The van der Waals surface area contributed by atoms with Crippen LogP contribution in [0, 0.1) is 0 Å². The van der Waals surface area contributed by atoms with Gasteiger partial charge in [0.1, 0.15) is 24.3 Å². The molecule has 0 aliphatic carbocycles. The Morgan fingerprint density at radius 1 is 0.745 bits per heavy atom. The van der Waals surface area contributed by atoms with Crippen LogP contribution in [0.25, 0.3) is 33.6 Å². The average molecular weight is 688 g/mol. The molecule has 2 saturated heterocycles. The number of rotatable bonds is 10. The number of hydrogen-bond donors (Lipinski definition) is 3. The second-order valence-electron chi connectivity index (χ2n) is 12.9. The van der Waals surface area contributed by atoms with E-state index in [1.165, 1.54) is 14.2 Å². The lowest BCUT2D eigenvalue weighted by Crippen LogP contribution is -2.42. The van der Waals surface area contributed by atoms with Gasteiger partial charge in [0.05, 0.1) is 43.0 Å². The fourth-order valence-electron chi connectivity index (χ4n) is 7.14. The molecule has 2 aromatic heterocycles. The Balaban J connectivity index is 1.02. The molecule has 262 valence electrons. The SMILES string of the molecule is COCC(=O)N1CCC[C@H]1c1ncc(-c2ccc(-c3ccc(-c4cnc([C@@H]5CCCN5C(=O)[C@H](NC(=O)OC)c5ccccc5)[nH]4)cc3)cc2)[nH]1. The first-order valence-corrected chi connectivity index (χ1v) is 17.2. The minimum atomic E-state index is -0.867. The molecule has 2 fully saturated rings. The summed E-state index contributed by atoms with van der Waals surface area (Å²) in [6.45, 7) is 1.35. The maximum absolute atomic E-state index is 13.8. The summed E-state index contributed by atoms with van der Waals surface area (Å²) >= 11 is 0. The number of H-pyrrole nitrogens is 2. The van der Waals surface area contributed by atoms with Crippen LogP contribution in [-0.4, -0.2) is 81.6 Å². The number of nitrogens with zero attached hydrogens (tertiary/aromatic N) is 4. The van der Waals surface area contributed by atoms with Crippen molar-refractivity contribution in [1.29, 1.82) is 0 Å². The molecule has 2 aliphatic heterocycles. The number of hydrogen-bond acceptors (Lipinski definition) is 7. The van der Waals surface area contributed by atoms with E-state index >= 15 is 0 Å². The van der Waals surface area contributed by atoms with E-state index in [1.54, 1.807) is 11.1 Å².